The Balaban J connectivity index is 1.47. The number of amides is 1. The van der Waals surface area contributed by atoms with Crippen LogP contribution in [0.15, 0.2) is 59.5 Å². The molecule has 6 nitrogen and oxygen atoms in total. The first kappa shape index (κ1) is 22.6. The van der Waals surface area contributed by atoms with Crippen molar-refractivity contribution in [2.45, 2.75) is 43.4 Å². The summed E-state index contributed by atoms with van der Waals surface area (Å²) in [7, 11) is -3.36. The van der Waals surface area contributed by atoms with Gasteiger partial charge in [0.25, 0.3) is 5.91 Å². The van der Waals surface area contributed by atoms with Crippen molar-refractivity contribution in [3.63, 3.8) is 0 Å². The molecule has 0 saturated heterocycles. The van der Waals surface area contributed by atoms with E-state index in [4.69, 9.17) is 11.6 Å². The first-order valence-corrected chi connectivity index (χ1v) is 12.9. The highest BCUT2D eigenvalue weighted by Gasteiger charge is 2.24. The molecular formula is C24H26ClN3O3S. The monoisotopic (exact) mass is 471 g/mol. The summed E-state index contributed by atoms with van der Waals surface area (Å²) in [5.41, 5.74) is 3.37. The van der Waals surface area contributed by atoms with Crippen molar-refractivity contribution in [2.75, 3.05) is 12.3 Å². The van der Waals surface area contributed by atoms with Crippen molar-refractivity contribution in [3.05, 3.63) is 76.6 Å². The van der Waals surface area contributed by atoms with Crippen molar-refractivity contribution >= 4 is 27.3 Å². The fourth-order valence-electron chi connectivity index (χ4n) is 4.05. The Bertz CT molecular complexity index is 1190. The second-order valence-electron chi connectivity index (χ2n) is 7.96. The third-order valence-corrected chi connectivity index (χ3v) is 7.76. The number of nitrogens with zero attached hydrogens (tertiary/aromatic N) is 2. The SMILES string of the molecule is O=C(NCCCS(=O)(=O)c1ccccc1)c1nn(-c2ccc(Cl)cc2)c2c1CCCCC2. The van der Waals surface area contributed by atoms with Gasteiger partial charge in [-0.15, -0.1) is 0 Å². The first-order chi connectivity index (χ1) is 15.5. The number of hydrogen-bond acceptors (Lipinski definition) is 4. The highest BCUT2D eigenvalue weighted by Crippen LogP contribution is 2.27. The summed E-state index contributed by atoms with van der Waals surface area (Å²) in [6, 6.07) is 15.8. The summed E-state index contributed by atoms with van der Waals surface area (Å²) in [5.74, 6) is -0.276. The van der Waals surface area contributed by atoms with Gasteiger partial charge in [0.15, 0.2) is 15.5 Å². The summed E-state index contributed by atoms with van der Waals surface area (Å²) >= 11 is 6.03. The zero-order chi connectivity index (χ0) is 22.6. The molecule has 0 unspecified atom stereocenters. The number of hydrogen-bond donors (Lipinski definition) is 1. The summed E-state index contributed by atoms with van der Waals surface area (Å²) in [6.07, 6.45) is 5.22. The fraction of sp³-hybridized carbons (Fsp3) is 0.333. The highest BCUT2D eigenvalue weighted by molar-refractivity contribution is 7.91. The van der Waals surface area contributed by atoms with E-state index in [1.807, 2.05) is 28.9 Å². The standard InChI is InChI=1S/C24H26ClN3O3S/c25-18-12-14-19(15-13-18)28-22-11-6-2-5-10-21(22)23(27-28)24(29)26-16-7-17-32(30,31)20-8-3-1-4-9-20/h1,3-4,8-9,12-15H,2,5-7,10-11,16-17H2,(H,26,29). The second-order valence-corrected chi connectivity index (χ2v) is 10.5. The van der Waals surface area contributed by atoms with Crippen LogP contribution in [0.5, 0.6) is 0 Å². The average molecular weight is 472 g/mol. The van der Waals surface area contributed by atoms with Crippen LogP contribution in [0.2, 0.25) is 5.02 Å². The number of halogens is 1. The van der Waals surface area contributed by atoms with Crippen LogP contribution in [0, 0.1) is 0 Å². The van der Waals surface area contributed by atoms with Crippen LogP contribution in [0.25, 0.3) is 5.69 Å². The van der Waals surface area contributed by atoms with Gasteiger partial charge in [-0.3, -0.25) is 4.79 Å². The van der Waals surface area contributed by atoms with Crippen molar-refractivity contribution in [1.29, 1.82) is 0 Å². The first-order valence-electron chi connectivity index (χ1n) is 10.9. The van der Waals surface area contributed by atoms with Crippen LogP contribution in [0.3, 0.4) is 0 Å². The number of benzene rings is 2. The smallest absolute Gasteiger partial charge is 0.272 e. The summed E-state index contributed by atoms with van der Waals surface area (Å²) in [4.78, 5) is 13.3. The molecule has 0 bridgehead atoms. The van der Waals surface area contributed by atoms with Crippen LogP contribution in [-0.2, 0) is 22.7 Å². The van der Waals surface area contributed by atoms with E-state index in [1.165, 1.54) is 0 Å². The lowest BCUT2D eigenvalue weighted by atomic mass is 10.1. The largest absolute Gasteiger partial charge is 0.351 e. The predicted octanol–water partition coefficient (Wildman–Crippen LogP) is 4.39. The van der Waals surface area contributed by atoms with Crippen molar-refractivity contribution in [2.24, 2.45) is 0 Å². The Hall–Kier alpha value is -2.64. The second kappa shape index (κ2) is 9.88. The van der Waals surface area contributed by atoms with Crippen LogP contribution in [0.1, 0.15) is 47.4 Å². The third kappa shape index (κ3) is 5.05. The van der Waals surface area contributed by atoms with Crippen molar-refractivity contribution < 1.29 is 13.2 Å². The molecule has 168 valence electrons. The maximum Gasteiger partial charge on any atom is 0.272 e. The summed E-state index contributed by atoms with van der Waals surface area (Å²) < 4.78 is 26.7. The van der Waals surface area contributed by atoms with Crippen LogP contribution in [-0.4, -0.2) is 36.4 Å². The van der Waals surface area contributed by atoms with E-state index in [0.717, 1.165) is 49.0 Å². The number of carbonyl (C=O) groups excluding carboxylic acids is 1. The number of sulfone groups is 1. The molecule has 1 heterocycles. The van der Waals surface area contributed by atoms with Gasteiger partial charge < -0.3 is 5.32 Å². The molecule has 1 N–H and O–H groups in total. The average Bonchev–Trinajstić information content (AvgIpc) is 2.99. The van der Waals surface area contributed by atoms with Gasteiger partial charge in [-0.2, -0.15) is 5.10 Å². The zero-order valence-electron chi connectivity index (χ0n) is 17.8. The minimum absolute atomic E-state index is 0.0192. The van der Waals surface area contributed by atoms with Gasteiger partial charge in [-0.05, 0) is 68.5 Å². The molecule has 0 atom stereocenters. The predicted molar refractivity (Wildman–Crippen MR) is 125 cm³/mol. The minimum Gasteiger partial charge on any atom is -0.351 e. The number of fused-ring (bicyclic) bond motifs is 1. The summed E-state index contributed by atoms with van der Waals surface area (Å²) in [6.45, 7) is 0.271. The lowest BCUT2D eigenvalue weighted by Crippen LogP contribution is -2.27. The maximum atomic E-state index is 13.0. The normalized spacial score (nSPS) is 13.9. The van der Waals surface area contributed by atoms with E-state index >= 15 is 0 Å². The van der Waals surface area contributed by atoms with Crippen molar-refractivity contribution in [3.8, 4) is 5.69 Å². The van der Waals surface area contributed by atoms with Gasteiger partial charge in [-0.25, -0.2) is 13.1 Å². The Morgan fingerprint density at radius 1 is 1.00 bits per heavy atom. The van der Waals surface area contributed by atoms with Crippen LogP contribution < -0.4 is 5.32 Å². The van der Waals surface area contributed by atoms with Crippen LogP contribution in [0.4, 0.5) is 0 Å². The lowest BCUT2D eigenvalue weighted by molar-refractivity contribution is 0.0947. The van der Waals surface area contributed by atoms with Crippen molar-refractivity contribution in [1.82, 2.24) is 15.1 Å². The van der Waals surface area contributed by atoms with Gasteiger partial charge >= 0.3 is 0 Å². The van der Waals surface area contributed by atoms with E-state index in [-0.39, 0.29) is 18.2 Å². The Labute approximate surface area is 193 Å². The zero-order valence-corrected chi connectivity index (χ0v) is 19.3. The molecule has 2 aromatic carbocycles. The van der Waals surface area contributed by atoms with Crippen LogP contribution >= 0.6 is 11.6 Å². The Morgan fingerprint density at radius 2 is 1.72 bits per heavy atom. The van der Waals surface area contributed by atoms with E-state index in [0.29, 0.717) is 22.0 Å². The lowest BCUT2D eigenvalue weighted by Gasteiger charge is -2.07. The number of nitrogens with one attached hydrogen (secondary N) is 1. The van der Waals surface area contributed by atoms with Gasteiger partial charge in [0.05, 0.1) is 16.3 Å². The number of rotatable bonds is 7. The molecule has 0 aliphatic heterocycles. The molecule has 1 aliphatic rings. The van der Waals surface area contributed by atoms with Gasteiger partial charge in [-0.1, -0.05) is 36.2 Å². The molecule has 0 saturated carbocycles. The Morgan fingerprint density at radius 3 is 2.47 bits per heavy atom. The van der Waals surface area contributed by atoms with Gasteiger partial charge in [0.2, 0.25) is 0 Å². The maximum absolute atomic E-state index is 13.0. The topological polar surface area (TPSA) is 81.1 Å². The quantitative estimate of drug-likeness (QED) is 0.409. The molecule has 1 aliphatic carbocycles. The molecule has 0 spiro atoms. The molecule has 0 fully saturated rings. The third-order valence-electron chi connectivity index (χ3n) is 5.69. The number of aromatic nitrogens is 2. The summed E-state index contributed by atoms with van der Waals surface area (Å²) in [5, 5.41) is 8.17. The van der Waals surface area contributed by atoms with E-state index in [9.17, 15) is 13.2 Å². The molecule has 3 aromatic rings. The fourth-order valence-corrected chi connectivity index (χ4v) is 5.51. The minimum atomic E-state index is -3.36. The highest BCUT2D eigenvalue weighted by atomic mass is 35.5. The molecule has 1 aromatic heterocycles. The van der Waals surface area contributed by atoms with E-state index in [1.54, 1.807) is 30.3 Å². The molecule has 4 rings (SSSR count). The van der Waals surface area contributed by atoms with E-state index in [2.05, 4.69) is 10.4 Å². The Kier molecular flexibility index (Phi) is 6.96. The van der Waals surface area contributed by atoms with E-state index < -0.39 is 9.84 Å². The molecule has 32 heavy (non-hydrogen) atoms. The number of carbonyl (C=O) groups is 1. The van der Waals surface area contributed by atoms with Gasteiger partial charge in [0.1, 0.15) is 0 Å². The molecule has 8 heteroatoms. The molecule has 0 radical (unpaired) electrons. The molecular weight excluding hydrogens is 446 g/mol. The molecule has 1 amide bonds. The van der Waals surface area contributed by atoms with Gasteiger partial charge in [0, 0.05) is 22.8 Å².